The number of hydrogen-bond donors (Lipinski definition) is 2. The number of carbonyl (C=O) groups excluding carboxylic acids is 1. The number of carboxylic acid groups (broad SMARTS) is 1. The summed E-state index contributed by atoms with van der Waals surface area (Å²) in [4.78, 5) is 23.8. The number of nitrogens with zero attached hydrogens (tertiary/aromatic N) is 1. The molecule has 0 saturated heterocycles. The number of carboxylic acids is 1. The van der Waals surface area contributed by atoms with E-state index in [1.165, 1.54) is 11.0 Å². The molecule has 0 aromatic heterocycles. The molecule has 1 aliphatic rings. The third kappa shape index (κ3) is 3.47. The topological polar surface area (TPSA) is 69.6 Å². The Hall–Kier alpha value is -1.52. The van der Waals surface area contributed by atoms with Gasteiger partial charge < -0.3 is 15.3 Å². The average molecular weight is 240 g/mol. The van der Waals surface area contributed by atoms with Crippen molar-refractivity contribution in [3.05, 3.63) is 12.7 Å². The maximum Gasteiger partial charge on any atom is 0.323 e. The molecule has 0 radical (unpaired) electrons. The van der Waals surface area contributed by atoms with Crippen molar-refractivity contribution in [3.63, 3.8) is 0 Å². The average Bonchev–Trinajstić information content (AvgIpc) is 2.22. The Morgan fingerprint density at radius 2 is 2.18 bits per heavy atom. The Labute approximate surface area is 101 Å². The van der Waals surface area contributed by atoms with Crippen LogP contribution in [0.15, 0.2) is 12.7 Å². The quantitative estimate of drug-likeness (QED) is 0.693. The van der Waals surface area contributed by atoms with Gasteiger partial charge in [-0.15, -0.1) is 6.58 Å². The lowest BCUT2D eigenvalue weighted by Gasteiger charge is -2.43. The van der Waals surface area contributed by atoms with E-state index in [2.05, 4.69) is 11.9 Å². The molecule has 0 aliphatic heterocycles. The summed E-state index contributed by atoms with van der Waals surface area (Å²) >= 11 is 0. The molecule has 0 aromatic carbocycles. The van der Waals surface area contributed by atoms with Gasteiger partial charge in [-0.2, -0.15) is 0 Å². The second kappa shape index (κ2) is 5.70. The van der Waals surface area contributed by atoms with Gasteiger partial charge in [-0.25, -0.2) is 4.79 Å². The van der Waals surface area contributed by atoms with E-state index < -0.39 is 5.97 Å². The number of nitrogens with one attached hydrogen (secondary N) is 1. The third-order valence-electron chi connectivity index (χ3n) is 3.32. The first-order chi connectivity index (χ1) is 8.03. The number of carbonyl (C=O) groups is 2. The van der Waals surface area contributed by atoms with E-state index in [4.69, 9.17) is 5.11 Å². The molecule has 5 heteroatoms. The summed E-state index contributed by atoms with van der Waals surface area (Å²) in [7, 11) is 0. The standard InChI is InChI=1S/C12H20N2O3/c1-3-8-14(9-10(15)16)11(17)13-12(4-2)6-5-7-12/h3H,1,4-9H2,2H3,(H,13,17)(H,15,16). The lowest BCUT2D eigenvalue weighted by atomic mass is 9.75. The fraction of sp³-hybridized carbons (Fsp3) is 0.667. The molecule has 0 aromatic rings. The number of rotatable bonds is 6. The van der Waals surface area contributed by atoms with E-state index in [1.807, 2.05) is 6.92 Å². The van der Waals surface area contributed by atoms with E-state index in [0.717, 1.165) is 25.7 Å². The molecule has 0 bridgehead atoms. The highest BCUT2D eigenvalue weighted by atomic mass is 16.4. The maximum atomic E-state index is 11.9. The third-order valence-corrected chi connectivity index (χ3v) is 3.32. The van der Waals surface area contributed by atoms with Crippen molar-refractivity contribution in [1.29, 1.82) is 0 Å². The molecule has 1 aliphatic carbocycles. The first-order valence-corrected chi connectivity index (χ1v) is 5.93. The van der Waals surface area contributed by atoms with Crippen LogP contribution in [0.2, 0.25) is 0 Å². The first-order valence-electron chi connectivity index (χ1n) is 5.93. The minimum Gasteiger partial charge on any atom is -0.480 e. The van der Waals surface area contributed by atoms with Crippen LogP contribution in [0.4, 0.5) is 4.79 Å². The van der Waals surface area contributed by atoms with E-state index in [9.17, 15) is 9.59 Å². The molecule has 1 rings (SSSR count). The van der Waals surface area contributed by atoms with Gasteiger partial charge in [0.1, 0.15) is 6.54 Å². The minimum absolute atomic E-state index is 0.116. The van der Waals surface area contributed by atoms with Crippen LogP contribution in [-0.4, -0.2) is 40.6 Å². The summed E-state index contributed by atoms with van der Waals surface area (Å²) in [5.41, 5.74) is -0.116. The van der Waals surface area contributed by atoms with Gasteiger partial charge in [0, 0.05) is 12.1 Å². The van der Waals surface area contributed by atoms with E-state index in [-0.39, 0.29) is 24.7 Å². The highest BCUT2D eigenvalue weighted by Crippen LogP contribution is 2.34. The lowest BCUT2D eigenvalue weighted by molar-refractivity contribution is -0.137. The first kappa shape index (κ1) is 13.5. The molecule has 0 unspecified atom stereocenters. The molecule has 5 nitrogen and oxygen atoms in total. The van der Waals surface area contributed by atoms with Crippen molar-refractivity contribution in [2.24, 2.45) is 0 Å². The van der Waals surface area contributed by atoms with E-state index >= 15 is 0 Å². The molecule has 2 N–H and O–H groups in total. The molecule has 17 heavy (non-hydrogen) atoms. The zero-order chi connectivity index (χ0) is 12.9. The summed E-state index contributed by atoms with van der Waals surface area (Å²) in [5, 5.41) is 11.7. The minimum atomic E-state index is -1.01. The monoisotopic (exact) mass is 240 g/mol. The Balaban J connectivity index is 2.57. The number of aliphatic carboxylic acids is 1. The van der Waals surface area contributed by atoms with Crippen molar-refractivity contribution in [2.75, 3.05) is 13.1 Å². The van der Waals surface area contributed by atoms with Crippen molar-refractivity contribution >= 4 is 12.0 Å². The lowest BCUT2D eigenvalue weighted by Crippen LogP contribution is -2.57. The zero-order valence-corrected chi connectivity index (χ0v) is 10.2. The van der Waals surface area contributed by atoms with Gasteiger partial charge in [-0.1, -0.05) is 13.0 Å². The highest BCUT2D eigenvalue weighted by molar-refractivity contribution is 5.80. The number of hydrogen-bond acceptors (Lipinski definition) is 2. The normalized spacial score (nSPS) is 16.8. The highest BCUT2D eigenvalue weighted by Gasteiger charge is 2.37. The molecule has 1 saturated carbocycles. The van der Waals surface area contributed by atoms with Gasteiger partial charge in [0.05, 0.1) is 0 Å². The van der Waals surface area contributed by atoms with Crippen LogP contribution in [0.5, 0.6) is 0 Å². The van der Waals surface area contributed by atoms with Gasteiger partial charge in [0.25, 0.3) is 0 Å². The van der Waals surface area contributed by atoms with E-state index in [1.54, 1.807) is 0 Å². The van der Waals surface area contributed by atoms with E-state index in [0.29, 0.717) is 0 Å². The molecule has 0 spiro atoms. The molecule has 1 fully saturated rings. The Morgan fingerprint density at radius 1 is 1.53 bits per heavy atom. The van der Waals surface area contributed by atoms with Gasteiger partial charge in [0.2, 0.25) is 0 Å². The van der Waals surface area contributed by atoms with Crippen LogP contribution < -0.4 is 5.32 Å². The SMILES string of the molecule is C=CCN(CC(=O)O)C(=O)NC1(CC)CCC1. The van der Waals surface area contributed by atoms with Crippen LogP contribution in [0.3, 0.4) is 0 Å². The molecular formula is C12H20N2O3. The Morgan fingerprint density at radius 3 is 2.53 bits per heavy atom. The smallest absolute Gasteiger partial charge is 0.323 e. The van der Waals surface area contributed by atoms with Crippen LogP contribution in [0.25, 0.3) is 0 Å². The van der Waals surface area contributed by atoms with Gasteiger partial charge in [-0.05, 0) is 25.7 Å². The Kier molecular flexibility index (Phi) is 4.54. The summed E-state index contributed by atoms with van der Waals surface area (Å²) in [6, 6.07) is -0.311. The molecule has 96 valence electrons. The zero-order valence-electron chi connectivity index (χ0n) is 10.2. The van der Waals surface area contributed by atoms with Crippen LogP contribution in [0.1, 0.15) is 32.6 Å². The van der Waals surface area contributed by atoms with Crippen LogP contribution in [0, 0.1) is 0 Å². The molecule has 2 amide bonds. The summed E-state index contributed by atoms with van der Waals surface area (Å²) in [6.45, 7) is 5.52. The summed E-state index contributed by atoms with van der Waals surface area (Å²) in [6.07, 6.45) is 5.48. The second-order valence-electron chi connectivity index (χ2n) is 4.48. The fourth-order valence-electron chi connectivity index (χ4n) is 2.01. The summed E-state index contributed by atoms with van der Waals surface area (Å²) in [5.74, 6) is -1.01. The largest absolute Gasteiger partial charge is 0.480 e. The van der Waals surface area contributed by atoms with Crippen molar-refractivity contribution in [3.8, 4) is 0 Å². The fourth-order valence-corrected chi connectivity index (χ4v) is 2.01. The molecule has 0 atom stereocenters. The van der Waals surface area contributed by atoms with Gasteiger partial charge in [0.15, 0.2) is 0 Å². The number of amides is 2. The van der Waals surface area contributed by atoms with Gasteiger partial charge in [-0.3, -0.25) is 4.79 Å². The predicted molar refractivity (Wildman–Crippen MR) is 64.8 cm³/mol. The molecular weight excluding hydrogens is 220 g/mol. The van der Waals surface area contributed by atoms with Crippen LogP contribution in [-0.2, 0) is 4.79 Å². The summed E-state index contributed by atoms with van der Waals surface area (Å²) < 4.78 is 0. The number of urea groups is 1. The maximum absolute atomic E-state index is 11.9. The van der Waals surface area contributed by atoms with Crippen molar-refractivity contribution in [2.45, 2.75) is 38.1 Å². The van der Waals surface area contributed by atoms with Gasteiger partial charge >= 0.3 is 12.0 Å². The van der Waals surface area contributed by atoms with Crippen molar-refractivity contribution < 1.29 is 14.7 Å². The molecule has 0 heterocycles. The van der Waals surface area contributed by atoms with Crippen molar-refractivity contribution in [1.82, 2.24) is 10.2 Å². The second-order valence-corrected chi connectivity index (χ2v) is 4.48. The Bertz CT molecular complexity index is 305. The predicted octanol–water partition coefficient (Wildman–Crippen LogP) is 1.60. The van der Waals surface area contributed by atoms with Crippen LogP contribution >= 0.6 is 0 Å².